The summed E-state index contributed by atoms with van der Waals surface area (Å²) in [5.74, 6) is 0.235. The van der Waals surface area contributed by atoms with Gasteiger partial charge in [0.2, 0.25) is 0 Å². The molecule has 1 saturated heterocycles. The molecule has 2 amide bonds. The van der Waals surface area contributed by atoms with Crippen LogP contribution in [0.2, 0.25) is 0 Å². The van der Waals surface area contributed by atoms with Crippen molar-refractivity contribution in [2.24, 2.45) is 5.92 Å². The number of likely N-dealkylation sites (tertiary alicyclic amines) is 1. The Hall–Kier alpha value is -1.07. The van der Waals surface area contributed by atoms with Crippen molar-refractivity contribution in [3.05, 3.63) is 34.3 Å². The smallest absolute Gasteiger partial charge is 0.317 e. The van der Waals surface area contributed by atoms with Crippen LogP contribution in [0.15, 0.2) is 28.7 Å². The predicted octanol–water partition coefficient (Wildman–Crippen LogP) is 2.40. The maximum absolute atomic E-state index is 12.1. The monoisotopic (exact) mass is 340 g/mol. The van der Waals surface area contributed by atoms with Crippen molar-refractivity contribution in [2.75, 3.05) is 19.7 Å². The lowest BCUT2D eigenvalue weighted by Crippen LogP contribution is -2.43. The van der Waals surface area contributed by atoms with E-state index in [9.17, 15) is 4.79 Å². The molecule has 0 bridgehead atoms. The predicted molar refractivity (Wildman–Crippen MR) is 82.6 cm³/mol. The second-order valence-electron chi connectivity index (χ2n) is 5.43. The molecule has 1 heterocycles. The number of amides is 2. The van der Waals surface area contributed by atoms with Gasteiger partial charge in [0.05, 0.1) is 0 Å². The Morgan fingerprint density at radius 1 is 1.55 bits per heavy atom. The molecule has 0 saturated carbocycles. The molecule has 2 unspecified atom stereocenters. The number of aliphatic hydroxyl groups is 1. The Labute approximate surface area is 128 Å². The number of hydrogen-bond donors (Lipinski definition) is 2. The number of urea groups is 1. The first-order valence-corrected chi connectivity index (χ1v) is 7.79. The van der Waals surface area contributed by atoms with Crippen LogP contribution in [0.4, 0.5) is 4.79 Å². The fourth-order valence-electron chi connectivity index (χ4n) is 2.51. The molecule has 1 aliphatic heterocycles. The molecule has 110 valence electrons. The molecule has 2 atom stereocenters. The summed E-state index contributed by atoms with van der Waals surface area (Å²) >= 11 is 3.52. The van der Waals surface area contributed by atoms with E-state index < -0.39 is 0 Å². The zero-order chi connectivity index (χ0) is 14.5. The van der Waals surface area contributed by atoms with Gasteiger partial charge < -0.3 is 15.3 Å². The van der Waals surface area contributed by atoms with Crippen molar-refractivity contribution in [1.82, 2.24) is 10.2 Å². The van der Waals surface area contributed by atoms with Crippen molar-refractivity contribution in [3.63, 3.8) is 0 Å². The highest BCUT2D eigenvalue weighted by Gasteiger charge is 2.26. The van der Waals surface area contributed by atoms with E-state index in [0.717, 1.165) is 23.9 Å². The van der Waals surface area contributed by atoms with E-state index in [1.807, 2.05) is 25.1 Å². The molecule has 1 aliphatic rings. The minimum atomic E-state index is -0.0273. The topological polar surface area (TPSA) is 52.6 Å². The van der Waals surface area contributed by atoms with Crippen LogP contribution in [0.25, 0.3) is 0 Å². The normalized spacial score (nSPS) is 19.9. The summed E-state index contributed by atoms with van der Waals surface area (Å²) in [5, 5.41) is 12.1. The molecule has 4 nitrogen and oxygen atoms in total. The van der Waals surface area contributed by atoms with E-state index >= 15 is 0 Å². The van der Waals surface area contributed by atoms with E-state index in [-0.39, 0.29) is 24.6 Å². The minimum absolute atomic E-state index is 0.0273. The number of benzene rings is 1. The summed E-state index contributed by atoms with van der Waals surface area (Å²) in [6, 6.07) is 8.10. The third-order valence-electron chi connectivity index (χ3n) is 3.69. The van der Waals surface area contributed by atoms with Crippen LogP contribution < -0.4 is 5.32 Å². The van der Waals surface area contributed by atoms with Crippen LogP contribution >= 0.6 is 15.9 Å². The number of hydrogen-bond acceptors (Lipinski definition) is 2. The highest BCUT2D eigenvalue weighted by molar-refractivity contribution is 9.10. The first-order chi connectivity index (χ1) is 9.60. The molecular formula is C15H21BrN2O2. The molecular weight excluding hydrogens is 320 g/mol. The Kier molecular flexibility index (Phi) is 5.43. The Bertz CT molecular complexity index is 467. The standard InChI is InChI=1S/C15H21BrN2O2/c1-11(8-13-4-2-3-5-14(13)16)17-15(20)18-7-6-12(9-18)10-19/h2-5,11-12,19H,6-10H2,1H3,(H,17,20). The average molecular weight is 341 g/mol. The van der Waals surface area contributed by atoms with E-state index in [2.05, 4.69) is 27.3 Å². The van der Waals surface area contributed by atoms with Crippen LogP contribution in [0, 0.1) is 5.92 Å². The van der Waals surface area contributed by atoms with Gasteiger partial charge in [0, 0.05) is 36.1 Å². The fourth-order valence-corrected chi connectivity index (χ4v) is 2.96. The Morgan fingerprint density at radius 3 is 2.95 bits per heavy atom. The van der Waals surface area contributed by atoms with Gasteiger partial charge in [0.15, 0.2) is 0 Å². The molecule has 1 aromatic carbocycles. The highest BCUT2D eigenvalue weighted by atomic mass is 79.9. The molecule has 0 aromatic heterocycles. The van der Waals surface area contributed by atoms with E-state index in [0.29, 0.717) is 6.54 Å². The lowest BCUT2D eigenvalue weighted by atomic mass is 10.1. The van der Waals surface area contributed by atoms with E-state index in [1.54, 1.807) is 4.90 Å². The second-order valence-corrected chi connectivity index (χ2v) is 6.28. The maximum Gasteiger partial charge on any atom is 0.317 e. The third-order valence-corrected chi connectivity index (χ3v) is 4.46. The van der Waals surface area contributed by atoms with Crippen LogP contribution in [0.5, 0.6) is 0 Å². The zero-order valence-corrected chi connectivity index (χ0v) is 13.3. The highest BCUT2D eigenvalue weighted by Crippen LogP contribution is 2.18. The number of aliphatic hydroxyl groups excluding tert-OH is 1. The van der Waals surface area contributed by atoms with Gasteiger partial charge in [-0.15, -0.1) is 0 Å². The average Bonchev–Trinajstić information content (AvgIpc) is 2.90. The molecule has 0 radical (unpaired) electrons. The van der Waals surface area contributed by atoms with Crippen molar-refractivity contribution in [3.8, 4) is 0 Å². The summed E-state index contributed by atoms with van der Waals surface area (Å²) in [6.07, 6.45) is 1.69. The van der Waals surface area contributed by atoms with Crippen molar-refractivity contribution in [2.45, 2.75) is 25.8 Å². The van der Waals surface area contributed by atoms with Gasteiger partial charge in [-0.1, -0.05) is 34.1 Å². The number of carbonyl (C=O) groups is 1. The minimum Gasteiger partial charge on any atom is -0.396 e. The number of rotatable bonds is 4. The number of halogens is 1. The number of nitrogens with one attached hydrogen (secondary N) is 1. The van der Waals surface area contributed by atoms with Gasteiger partial charge in [-0.05, 0) is 31.4 Å². The first-order valence-electron chi connectivity index (χ1n) is 7.00. The fraction of sp³-hybridized carbons (Fsp3) is 0.533. The van der Waals surface area contributed by atoms with Gasteiger partial charge in [-0.3, -0.25) is 0 Å². The molecule has 1 fully saturated rings. The third kappa shape index (κ3) is 3.96. The van der Waals surface area contributed by atoms with E-state index in [1.165, 1.54) is 5.56 Å². The van der Waals surface area contributed by atoms with Crippen LogP contribution in [-0.2, 0) is 6.42 Å². The van der Waals surface area contributed by atoms with Crippen LogP contribution in [0.1, 0.15) is 18.9 Å². The van der Waals surface area contributed by atoms with Gasteiger partial charge in [0.25, 0.3) is 0 Å². The van der Waals surface area contributed by atoms with E-state index in [4.69, 9.17) is 5.11 Å². The SMILES string of the molecule is CC(Cc1ccccc1Br)NC(=O)N1CCC(CO)C1. The van der Waals surface area contributed by atoms with Gasteiger partial charge in [0.1, 0.15) is 0 Å². The zero-order valence-electron chi connectivity index (χ0n) is 11.7. The molecule has 5 heteroatoms. The van der Waals surface area contributed by atoms with Crippen LogP contribution in [0.3, 0.4) is 0 Å². The van der Waals surface area contributed by atoms with Gasteiger partial charge >= 0.3 is 6.03 Å². The molecule has 20 heavy (non-hydrogen) atoms. The molecule has 1 aromatic rings. The summed E-state index contributed by atoms with van der Waals surface area (Å²) in [6.45, 7) is 3.57. The largest absolute Gasteiger partial charge is 0.396 e. The first kappa shape index (κ1) is 15.3. The quantitative estimate of drug-likeness (QED) is 0.884. The second kappa shape index (κ2) is 7.09. The number of nitrogens with zero attached hydrogens (tertiary/aromatic N) is 1. The van der Waals surface area contributed by atoms with Crippen molar-refractivity contribution < 1.29 is 9.90 Å². The summed E-state index contributed by atoms with van der Waals surface area (Å²) in [4.78, 5) is 13.9. The molecule has 0 spiro atoms. The lowest BCUT2D eigenvalue weighted by molar-refractivity contribution is 0.195. The van der Waals surface area contributed by atoms with Crippen molar-refractivity contribution >= 4 is 22.0 Å². The molecule has 0 aliphatic carbocycles. The summed E-state index contributed by atoms with van der Waals surface area (Å²) in [5.41, 5.74) is 1.19. The van der Waals surface area contributed by atoms with Gasteiger partial charge in [-0.25, -0.2) is 4.79 Å². The summed E-state index contributed by atoms with van der Waals surface area (Å²) in [7, 11) is 0. The lowest BCUT2D eigenvalue weighted by Gasteiger charge is -2.21. The molecule has 2 rings (SSSR count). The molecule has 2 N–H and O–H groups in total. The van der Waals surface area contributed by atoms with Crippen molar-refractivity contribution in [1.29, 1.82) is 0 Å². The van der Waals surface area contributed by atoms with Gasteiger partial charge in [-0.2, -0.15) is 0 Å². The Balaban J connectivity index is 1.84. The maximum atomic E-state index is 12.1. The van der Waals surface area contributed by atoms with Crippen LogP contribution in [-0.4, -0.2) is 41.8 Å². The number of carbonyl (C=O) groups excluding carboxylic acids is 1. The Morgan fingerprint density at radius 2 is 2.30 bits per heavy atom. The summed E-state index contributed by atoms with van der Waals surface area (Å²) < 4.78 is 1.07.